The first-order valence-electron chi connectivity index (χ1n) is 5.11. The van der Waals surface area contributed by atoms with Crippen molar-refractivity contribution in [3.8, 4) is 0 Å². The van der Waals surface area contributed by atoms with Gasteiger partial charge in [0.2, 0.25) is 0 Å². The molecule has 0 spiro atoms. The molecule has 0 amide bonds. The van der Waals surface area contributed by atoms with Gasteiger partial charge in [0, 0.05) is 12.4 Å². The molecular formula is C9H21N2O3P. The molecule has 5 nitrogen and oxygen atoms in total. The number of nitrogens with one attached hydrogen (secondary N) is 1. The molecule has 1 heterocycles. The van der Waals surface area contributed by atoms with Gasteiger partial charge < -0.3 is 4.98 Å². The fraction of sp³-hybridized carbons (Fsp3) is 0.667. The van der Waals surface area contributed by atoms with Crippen LogP contribution in [0.2, 0.25) is 0 Å². The van der Waals surface area contributed by atoms with Crippen molar-refractivity contribution < 1.29 is 13.9 Å². The van der Waals surface area contributed by atoms with Crippen LogP contribution in [0.4, 0.5) is 0 Å². The maximum atomic E-state index is 9.51. The van der Waals surface area contributed by atoms with Crippen LogP contribution >= 0.6 is 7.94 Å². The Morgan fingerprint density at radius 3 is 2.07 bits per heavy atom. The van der Waals surface area contributed by atoms with Crippen LogP contribution in [-0.2, 0) is 9.05 Å². The van der Waals surface area contributed by atoms with Crippen LogP contribution in [0.25, 0.3) is 0 Å². The normalized spacial score (nSPS) is 11.7. The Morgan fingerprint density at radius 2 is 1.87 bits per heavy atom. The summed E-state index contributed by atoms with van der Waals surface area (Å²) in [6.07, 6.45) is 5.68. The topological polar surface area (TPSA) is 67.4 Å². The number of H-pyrrole nitrogens is 1. The summed E-state index contributed by atoms with van der Waals surface area (Å²) in [5, 5.41) is 0. The standard InChI is InChI=1S/C6H17O3P.C3H4N2/c1-4-8-10(7,6-3)9-5-2;1-2-5-3-4-1/h7,10H,4-6H2,1-3H3;1-3H,(H,4,5). The van der Waals surface area contributed by atoms with Crippen molar-refractivity contribution in [2.24, 2.45) is 0 Å². The molecule has 0 aliphatic rings. The number of aromatic amines is 1. The van der Waals surface area contributed by atoms with Gasteiger partial charge in [0.1, 0.15) is 0 Å². The zero-order chi connectivity index (χ0) is 11.6. The molecule has 0 saturated carbocycles. The average molecular weight is 236 g/mol. The SMILES string of the molecule is CCO[PH](O)(CC)OCC.c1c[nH]cn1. The maximum absolute atomic E-state index is 9.51. The van der Waals surface area contributed by atoms with Crippen molar-refractivity contribution in [2.45, 2.75) is 20.8 Å². The number of nitrogens with zero attached hydrogens (tertiary/aromatic N) is 1. The maximum Gasteiger partial charge on any atom is 0.0919 e. The van der Waals surface area contributed by atoms with Gasteiger partial charge in [-0.25, -0.2) is 4.98 Å². The first-order valence-corrected chi connectivity index (χ1v) is 7.08. The van der Waals surface area contributed by atoms with Gasteiger partial charge in [0.05, 0.1) is 6.33 Å². The fourth-order valence-electron chi connectivity index (χ4n) is 0.912. The van der Waals surface area contributed by atoms with E-state index in [1.807, 2.05) is 20.8 Å². The second-order valence-corrected chi connectivity index (χ2v) is 5.40. The molecule has 0 unspecified atom stereocenters. The number of hydrogen-bond acceptors (Lipinski definition) is 4. The van der Waals surface area contributed by atoms with Gasteiger partial charge in [0.15, 0.2) is 0 Å². The number of aromatic nitrogens is 2. The minimum absolute atomic E-state index is 0.524. The van der Waals surface area contributed by atoms with Gasteiger partial charge in [-0.3, -0.25) is 0 Å². The number of rotatable bonds is 5. The largest absolute Gasteiger partial charge is 0.351 e. The van der Waals surface area contributed by atoms with Crippen molar-refractivity contribution in [3.05, 3.63) is 18.7 Å². The number of hydrogen-bond donors (Lipinski definition) is 2. The molecule has 0 saturated heterocycles. The van der Waals surface area contributed by atoms with E-state index in [4.69, 9.17) is 9.05 Å². The first kappa shape index (κ1) is 14.5. The third-order valence-electron chi connectivity index (χ3n) is 1.59. The third-order valence-corrected chi connectivity index (χ3v) is 3.97. The monoisotopic (exact) mass is 236 g/mol. The van der Waals surface area contributed by atoms with Crippen LogP contribution in [0.5, 0.6) is 0 Å². The molecule has 2 N–H and O–H groups in total. The van der Waals surface area contributed by atoms with E-state index in [1.165, 1.54) is 0 Å². The molecular weight excluding hydrogens is 215 g/mol. The van der Waals surface area contributed by atoms with Crippen molar-refractivity contribution >= 4 is 7.94 Å². The molecule has 0 atom stereocenters. The Kier molecular flexibility index (Phi) is 8.52. The van der Waals surface area contributed by atoms with Crippen LogP contribution < -0.4 is 0 Å². The Labute approximate surface area is 91.4 Å². The van der Waals surface area contributed by atoms with Crippen molar-refractivity contribution in [1.29, 1.82) is 0 Å². The molecule has 0 aliphatic carbocycles. The summed E-state index contributed by atoms with van der Waals surface area (Å²) in [6, 6.07) is 0. The summed E-state index contributed by atoms with van der Waals surface area (Å²) in [5.41, 5.74) is 0. The molecule has 15 heavy (non-hydrogen) atoms. The third kappa shape index (κ3) is 7.45. The van der Waals surface area contributed by atoms with E-state index in [2.05, 4.69) is 9.97 Å². The van der Waals surface area contributed by atoms with Crippen LogP contribution in [-0.4, -0.2) is 34.2 Å². The molecule has 0 bridgehead atoms. The molecule has 0 fully saturated rings. The molecule has 0 aromatic carbocycles. The Balaban J connectivity index is 0.000000322. The molecule has 1 rings (SSSR count). The Morgan fingerprint density at radius 1 is 1.27 bits per heavy atom. The molecule has 6 heteroatoms. The smallest absolute Gasteiger partial charge is 0.0919 e. The molecule has 1 aromatic heterocycles. The number of imidazole rings is 1. The zero-order valence-corrected chi connectivity index (χ0v) is 10.6. The van der Waals surface area contributed by atoms with E-state index in [0.717, 1.165) is 0 Å². The summed E-state index contributed by atoms with van der Waals surface area (Å²) in [7, 11) is -2.72. The average Bonchev–Trinajstić information content (AvgIpc) is 2.76. The van der Waals surface area contributed by atoms with E-state index in [-0.39, 0.29) is 0 Å². The van der Waals surface area contributed by atoms with Gasteiger partial charge in [0.25, 0.3) is 0 Å². The predicted octanol–water partition coefficient (Wildman–Crippen LogP) is 1.98. The summed E-state index contributed by atoms with van der Waals surface area (Å²) in [6.45, 7) is 6.63. The van der Waals surface area contributed by atoms with E-state index in [9.17, 15) is 4.89 Å². The zero-order valence-electron chi connectivity index (χ0n) is 9.56. The van der Waals surface area contributed by atoms with Crippen LogP contribution in [0, 0.1) is 0 Å². The predicted molar refractivity (Wildman–Crippen MR) is 62.9 cm³/mol. The van der Waals surface area contributed by atoms with Gasteiger partial charge in [-0.15, -0.1) is 0 Å². The van der Waals surface area contributed by atoms with Gasteiger partial charge in [-0.1, -0.05) is 0 Å². The second-order valence-electron chi connectivity index (χ2n) is 2.69. The molecule has 0 radical (unpaired) electrons. The van der Waals surface area contributed by atoms with E-state index in [1.54, 1.807) is 18.7 Å². The van der Waals surface area contributed by atoms with Crippen LogP contribution in [0.15, 0.2) is 18.7 Å². The van der Waals surface area contributed by atoms with Crippen LogP contribution in [0.3, 0.4) is 0 Å². The van der Waals surface area contributed by atoms with Crippen molar-refractivity contribution in [2.75, 3.05) is 19.4 Å². The molecule has 90 valence electrons. The van der Waals surface area contributed by atoms with E-state index in [0.29, 0.717) is 19.4 Å². The van der Waals surface area contributed by atoms with E-state index >= 15 is 0 Å². The first-order chi connectivity index (χ1) is 7.18. The minimum atomic E-state index is -2.72. The minimum Gasteiger partial charge on any atom is -0.351 e. The van der Waals surface area contributed by atoms with Crippen molar-refractivity contribution in [1.82, 2.24) is 9.97 Å². The quantitative estimate of drug-likeness (QED) is 0.767. The molecule has 0 aliphatic heterocycles. The fourth-order valence-corrected chi connectivity index (χ4v) is 2.31. The van der Waals surface area contributed by atoms with Crippen LogP contribution in [0.1, 0.15) is 20.8 Å². The van der Waals surface area contributed by atoms with Gasteiger partial charge in [-0.05, 0) is 0 Å². The Bertz CT molecular complexity index is 196. The van der Waals surface area contributed by atoms with Gasteiger partial charge >= 0.3 is 62.0 Å². The van der Waals surface area contributed by atoms with Gasteiger partial charge in [-0.2, -0.15) is 0 Å². The summed E-state index contributed by atoms with van der Waals surface area (Å²) >= 11 is 0. The van der Waals surface area contributed by atoms with Crippen molar-refractivity contribution in [3.63, 3.8) is 0 Å². The summed E-state index contributed by atoms with van der Waals surface area (Å²) in [5.74, 6) is 0. The Hall–Kier alpha value is -0.480. The summed E-state index contributed by atoms with van der Waals surface area (Å²) < 4.78 is 10.2. The second kappa shape index (κ2) is 8.80. The van der Waals surface area contributed by atoms with E-state index < -0.39 is 7.94 Å². The summed E-state index contributed by atoms with van der Waals surface area (Å²) in [4.78, 5) is 15.9. The molecule has 1 aromatic rings.